The number of nitrogens with two attached hydrogens (primary N) is 1. The van der Waals surface area contributed by atoms with Crippen molar-refractivity contribution < 1.29 is 4.74 Å². The molecule has 1 saturated heterocycles. The van der Waals surface area contributed by atoms with Gasteiger partial charge in [-0.25, -0.2) is 0 Å². The summed E-state index contributed by atoms with van der Waals surface area (Å²) in [5.74, 6) is 2.51. The van der Waals surface area contributed by atoms with Crippen molar-refractivity contribution in [1.82, 2.24) is 15.3 Å². The molecule has 0 aromatic carbocycles. The maximum atomic E-state index is 6.01. The summed E-state index contributed by atoms with van der Waals surface area (Å²) in [6.07, 6.45) is 1.17. The van der Waals surface area contributed by atoms with E-state index in [1.165, 1.54) is 0 Å². The molecule has 1 aromatic rings. The summed E-state index contributed by atoms with van der Waals surface area (Å²) in [7, 11) is 1.99. The van der Waals surface area contributed by atoms with Crippen molar-refractivity contribution in [2.75, 3.05) is 36.1 Å². The summed E-state index contributed by atoms with van der Waals surface area (Å²) >= 11 is 0. The number of likely N-dealkylation sites (N-methyl/N-ethyl adjacent to an activating group) is 1. The molecule has 0 saturated carbocycles. The Morgan fingerprint density at radius 2 is 2.05 bits per heavy atom. The number of hydrogen-bond donors (Lipinski definition) is 3. The van der Waals surface area contributed by atoms with Crippen LogP contribution in [-0.4, -0.2) is 48.3 Å². The fourth-order valence-corrected chi connectivity index (χ4v) is 2.69. The number of nitrogens with zero attached hydrogens (tertiary/aromatic N) is 3. The van der Waals surface area contributed by atoms with E-state index in [4.69, 9.17) is 10.5 Å². The number of nitrogen functional groups attached to an aromatic ring is 1. The van der Waals surface area contributed by atoms with Crippen LogP contribution in [0.1, 0.15) is 20.3 Å². The first-order valence-electron chi connectivity index (χ1n) is 7.11. The molecule has 7 nitrogen and oxygen atoms in total. The second-order valence-corrected chi connectivity index (χ2v) is 5.56. The molecule has 2 aliphatic rings. The lowest BCUT2D eigenvalue weighted by molar-refractivity contribution is 0.192. The normalized spacial score (nSPS) is 26.1. The van der Waals surface area contributed by atoms with Crippen LogP contribution in [0.25, 0.3) is 0 Å². The van der Waals surface area contributed by atoms with Gasteiger partial charge in [-0.3, -0.25) is 0 Å². The molecule has 0 unspecified atom stereocenters. The van der Waals surface area contributed by atoms with Crippen molar-refractivity contribution in [3.8, 4) is 5.75 Å². The van der Waals surface area contributed by atoms with Crippen molar-refractivity contribution in [2.45, 2.75) is 38.5 Å². The number of rotatable bonds is 2. The fraction of sp³-hybridized carbons (Fsp3) is 0.692. The van der Waals surface area contributed by atoms with Gasteiger partial charge in [-0.1, -0.05) is 0 Å². The van der Waals surface area contributed by atoms with Crippen molar-refractivity contribution in [3.63, 3.8) is 0 Å². The first-order chi connectivity index (χ1) is 9.58. The van der Waals surface area contributed by atoms with Gasteiger partial charge < -0.3 is 26.0 Å². The Balaban J connectivity index is 0.00000121. The minimum atomic E-state index is 0. The van der Waals surface area contributed by atoms with Gasteiger partial charge in [0.05, 0.1) is 6.04 Å². The zero-order chi connectivity index (χ0) is 14.3. The summed E-state index contributed by atoms with van der Waals surface area (Å²) in [5, 5.41) is 6.64. The van der Waals surface area contributed by atoms with Crippen LogP contribution in [0, 0.1) is 0 Å². The largest absolute Gasteiger partial charge is 0.481 e. The Hall–Kier alpha value is -1.18. The molecule has 0 bridgehead atoms. The highest BCUT2D eigenvalue weighted by molar-refractivity contribution is 5.85. The number of nitrogens with one attached hydrogen (secondary N) is 2. The Bertz CT molecular complexity index is 518. The molecule has 4 N–H and O–H groups in total. The molecule has 3 heterocycles. The first-order valence-corrected chi connectivity index (χ1v) is 7.11. The van der Waals surface area contributed by atoms with Crippen LogP contribution in [0.5, 0.6) is 5.75 Å². The second kappa shape index (κ2) is 7.39. The lowest BCUT2D eigenvalue weighted by Crippen LogP contribution is -2.39. The van der Waals surface area contributed by atoms with E-state index in [2.05, 4.69) is 32.4 Å². The van der Waals surface area contributed by atoms with Gasteiger partial charge in [0, 0.05) is 19.1 Å². The highest BCUT2D eigenvalue weighted by Crippen LogP contribution is 2.39. The Morgan fingerprint density at radius 1 is 1.32 bits per heavy atom. The van der Waals surface area contributed by atoms with E-state index in [0.29, 0.717) is 11.9 Å². The predicted molar refractivity (Wildman–Crippen MR) is 93.8 cm³/mol. The van der Waals surface area contributed by atoms with Gasteiger partial charge in [0.15, 0.2) is 11.6 Å². The number of aromatic nitrogens is 2. The topological polar surface area (TPSA) is 88.3 Å². The lowest BCUT2D eigenvalue weighted by atomic mass is 10.2. The zero-order valence-electron chi connectivity index (χ0n) is 13.0. The Kier molecular flexibility index (Phi) is 6.34. The summed E-state index contributed by atoms with van der Waals surface area (Å²) in [6, 6.07) is 0.683. The predicted octanol–water partition coefficient (Wildman–Crippen LogP) is 1.28. The van der Waals surface area contributed by atoms with Crippen LogP contribution in [0.2, 0.25) is 0 Å². The van der Waals surface area contributed by atoms with Crippen molar-refractivity contribution >= 4 is 42.4 Å². The molecule has 0 spiro atoms. The van der Waals surface area contributed by atoms with Crippen molar-refractivity contribution in [3.05, 3.63) is 0 Å². The molecule has 3 rings (SSSR count). The van der Waals surface area contributed by atoms with Crippen LogP contribution in [0.15, 0.2) is 0 Å². The number of ether oxygens (including phenoxy) is 1. The van der Waals surface area contributed by atoms with E-state index in [1.807, 2.05) is 14.0 Å². The first kappa shape index (κ1) is 18.9. The third-order valence-electron chi connectivity index (χ3n) is 4.13. The van der Waals surface area contributed by atoms with E-state index < -0.39 is 0 Å². The van der Waals surface area contributed by atoms with Gasteiger partial charge in [0.1, 0.15) is 6.10 Å². The number of anilines is 3. The molecule has 2 aliphatic heterocycles. The van der Waals surface area contributed by atoms with Crippen molar-refractivity contribution in [1.29, 1.82) is 0 Å². The molecular weight excluding hydrogens is 327 g/mol. The minimum Gasteiger partial charge on any atom is -0.481 e. The maximum Gasteiger partial charge on any atom is 0.224 e. The number of hydrogen-bond acceptors (Lipinski definition) is 7. The maximum absolute atomic E-state index is 6.01. The Morgan fingerprint density at radius 3 is 2.68 bits per heavy atom. The van der Waals surface area contributed by atoms with E-state index in [-0.39, 0.29) is 42.9 Å². The van der Waals surface area contributed by atoms with E-state index >= 15 is 0 Å². The highest BCUT2D eigenvalue weighted by Gasteiger charge is 2.32. The van der Waals surface area contributed by atoms with Gasteiger partial charge in [-0.05, 0) is 27.3 Å². The van der Waals surface area contributed by atoms with Crippen LogP contribution in [0.4, 0.5) is 17.6 Å². The molecule has 0 amide bonds. The van der Waals surface area contributed by atoms with Crippen LogP contribution >= 0.6 is 24.8 Å². The third kappa shape index (κ3) is 3.42. The van der Waals surface area contributed by atoms with E-state index in [9.17, 15) is 0 Å². The van der Waals surface area contributed by atoms with Gasteiger partial charge >= 0.3 is 0 Å². The van der Waals surface area contributed by atoms with E-state index in [1.54, 1.807) is 0 Å². The smallest absolute Gasteiger partial charge is 0.224 e. The minimum absolute atomic E-state index is 0. The van der Waals surface area contributed by atoms with E-state index in [0.717, 1.165) is 31.1 Å². The molecule has 3 atom stereocenters. The molecular formula is C13H24Cl2N6O. The fourth-order valence-electron chi connectivity index (χ4n) is 2.69. The number of halogens is 2. The van der Waals surface area contributed by atoms with Gasteiger partial charge in [0.25, 0.3) is 0 Å². The van der Waals surface area contributed by atoms with Crippen LogP contribution < -0.4 is 26.0 Å². The second-order valence-electron chi connectivity index (χ2n) is 5.56. The summed E-state index contributed by atoms with van der Waals surface area (Å²) in [4.78, 5) is 10.9. The molecule has 9 heteroatoms. The summed E-state index contributed by atoms with van der Waals surface area (Å²) in [5.41, 5.74) is 5.84. The molecule has 0 radical (unpaired) electrons. The lowest BCUT2D eigenvalue weighted by Gasteiger charge is -2.32. The molecule has 22 heavy (non-hydrogen) atoms. The van der Waals surface area contributed by atoms with Crippen molar-refractivity contribution in [2.24, 2.45) is 0 Å². The molecule has 126 valence electrons. The van der Waals surface area contributed by atoms with Crippen LogP contribution in [-0.2, 0) is 0 Å². The Labute approximate surface area is 143 Å². The monoisotopic (exact) mass is 350 g/mol. The average molecular weight is 351 g/mol. The zero-order valence-corrected chi connectivity index (χ0v) is 14.6. The quantitative estimate of drug-likeness (QED) is 0.740. The average Bonchev–Trinajstić information content (AvgIpc) is 2.88. The SMILES string of the molecule is CN[C@@H]1CCN(c2nc(N)nc3c2O[C@H](C)[C@@H](C)N3)C1.Cl.Cl. The van der Waals surface area contributed by atoms with Gasteiger partial charge in [-0.2, -0.15) is 9.97 Å². The summed E-state index contributed by atoms with van der Waals surface area (Å²) < 4.78 is 6.01. The number of fused-ring (bicyclic) bond motifs is 1. The molecule has 1 aromatic heterocycles. The standard InChI is InChI=1S/C13H22N6O.2ClH/c1-7-8(2)20-10-11(16-7)17-13(14)18-12(10)19-5-4-9(6-19)15-3;;/h7-9,15H,4-6H2,1-3H3,(H3,14,16,17,18);2*1H/t7-,8-,9-;;/m1../s1. The molecule has 0 aliphatic carbocycles. The molecule has 1 fully saturated rings. The highest BCUT2D eigenvalue weighted by atomic mass is 35.5. The van der Waals surface area contributed by atoms with Crippen LogP contribution in [0.3, 0.4) is 0 Å². The summed E-state index contributed by atoms with van der Waals surface area (Å²) in [6.45, 7) is 5.97. The third-order valence-corrected chi connectivity index (χ3v) is 4.13. The van der Waals surface area contributed by atoms with Gasteiger partial charge in [-0.15, -0.1) is 24.8 Å². The van der Waals surface area contributed by atoms with Gasteiger partial charge in [0.2, 0.25) is 11.7 Å².